The van der Waals surface area contributed by atoms with Gasteiger partial charge >= 0.3 is 0 Å². The Labute approximate surface area is 111 Å². The topological polar surface area (TPSA) is 28.2 Å². The predicted octanol–water partition coefficient (Wildman–Crippen LogP) is 2.99. The summed E-state index contributed by atoms with van der Waals surface area (Å²) in [6.45, 7) is 8.20. The van der Waals surface area contributed by atoms with E-state index in [1.807, 2.05) is 13.2 Å². The van der Waals surface area contributed by atoms with Gasteiger partial charge in [-0.2, -0.15) is 0 Å². The van der Waals surface area contributed by atoms with E-state index in [4.69, 9.17) is 0 Å². The molecule has 1 N–H and O–H groups in total. The average molecular weight is 247 g/mol. The minimum atomic E-state index is 0.837. The average Bonchev–Trinajstić information content (AvgIpc) is 2.40. The van der Waals surface area contributed by atoms with Crippen molar-refractivity contribution in [2.45, 2.75) is 33.2 Å². The summed E-state index contributed by atoms with van der Waals surface area (Å²) in [6, 6.07) is 4.23. The van der Waals surface area contributed by atoms with E-state index in [0.717, 1.165) is 24.2 Å². The predicted molar refractivity (Wildman–Crippen MR) is 76.6 cm³/mol. The molecule has 2 rings (SSSR count). The first-order valence-electron chi connectivity index (χ1n) is 7.04. The van der Waals surface area contributed by atoms with Gasteiger partial charge in [0.05, 0.1) is 0 Å². The first-order chi connectivity index (χ1) is 8.69. The smallest absolute Gasteiger partial charge is 0.125 e. The minimum absolute atomic E-state index is 0.837. The van der Waals surface area contributed by atoms with E-state index in [0.29, 0.717) is 0 Å². The lowest BCUT2D eigenvalue weighted by atomic mass is 9.86. The van der Waals surface area contributed by atoms with E-state index in [9.17, 15) is 0 Å². The Balaban J connectivity index is 1.83. The fourth-order valence-electron chi connectivity index (χ4n) is 2.70. The molecule has 1 aliphatic heterocycles. The molecule has 3 nitrogen and oxygen atoms in total. The van der Waals surface area contributed by atoms with Crippen molar-refractivity contribution in [1.82, 2.24) is 9.88 Å². The molecule has 100 valence electrons. The minimum Gasteiger partial charge on any atom is -0.373 e. The van der Waals surface area contributed by atoms with Gasteiger partial charge in [0.15, 0.2) is 0 Å². The number of piperidine rings is 1. The zero-order valence-electron chi connectivity index (χ0n) is 11.8. The highest BCUT2D eigenvalue weighted by Crippen LogP contribution is 2.25. The molecule has 2 heterocycles. The summed E-state index contributed by atoms with van der Waals surface area (Å²) in [7, 11) is 1.90. The fourth-order valence-corrected chi connectivity index (χ4v) is 2.70. The summed E-state index contributed by atoms with van der Waals surface area (Å²) in [6.07, 6.45) is 4.68. The second-order valence-corrected chi connectivity index (χ2v) is 5.66. The van der Waals surface area contributed by atoms with Gasteiger partial charge in [0.25, 0.3) is 0 Å². The van der Waals surface area contributed by atoms with Crippen LogP contribution in [0.4, 0.5) is 5.82 Å². The van der Waals surface area contributed by atoms with Crippen molar-refractivity contribution < 1.29 is 0 Å². The summed E-state index contributed by atoms with van der Waals surface area (Å²) in [5.41, 5.74) is 1.32. The molecule has 0 saturated carbocycles. The van der Waals surface area contributed by atoms with Crippen molar-refractivity contribution in [3.05, 3.63) is 23.9 Å². The van der Waals surface area contributed by atoms with Crippen LogP contribution in [0.1, 0.15) is 32.3 Å². The van der Waals surface area contributed by atoms with E-state index in [1.54, 1.807) is 0 Å². The summed E-state index contributed by atoms with van der Waals surface area (Å²) in [4.78, 5) is 6.92. The van der Waals surface area contributed by atoms with Crippen LogP contribution in [0, 0.1) is 11.8 Å². The maximum atomic E-state index is 4.37. The van der Waals surface area contributed by atoms with Crippen LogP contribution in [-0.2, 0) is 6.54 Å². The largest absolute Gasteiger partial charge is 0.373 e. The number of pyridine rings is 1. The molecule has 1 saturated heterocycles. The highest BCUT2D eigenvalue weighted by Gasteiger charge is 2.21. The standard InChI is InChI=1S/C15H25N3/c1-12(2)14-6-8-18(9-7-14)11-13-4-5-15(16-3)17-10-13/h4-5,10,12,14H,6-9,11H2,1-3H3,(H,16,17). The lowest BCUT2D eigenvalue weighted by molar-refractivity contribution is 0.152. The third-order valence-corrected chi connectivity index (χ3v) is 4.06. The lowest BCUT2D eigenvalue weighted by Gasteiger charge is -2.33. The van der Waals surface area contributed by atoms with Gasteiger partial charge in [-0.05, 0) is 49.4 Å². The maximum Gasteiger partial charge on any atom is 0.125 e. The Hall–Kier alpha value is -1.09. The van der Waals surface area contributed by atoms with E-state index in [2.05, 4.69) is 41.2 Å². The molecule has 1 fully saturated rings. The number of nitrogens with zero attached hydrogens (tertiary/aromatic N) is 2. The van der Waals surface area contributed by atoms with Crippen LogP contribution in [0.25, 0.3) is 0 Å². The highest BCUT2D eigenvalue weighted by molar-refractivity contribution is 5.34. The van der Waals surface area contributed by atoms with Gasteiger partial charge in [0.1, 0.15) is 5.82 Å². The van der Waals surface area contributed by atoms with Crippen LogP contribution < -0.4 is 5.32 Å². The van der Waals surface area contributed by atoms with Gasteiger partial charge in [-0.1, -0.05) is 19.9 Å². The molecular weight excluding hydrogens is 222 g/mol. The fraction of sp³-hybridized carbons (Fsp3) is 0.667. The van der Waals surface area contributed by atoms with Gasteiger partial charge < -0.3 is 5.32 Å². The van der Waals surface area contributed by atoms with Gasteiger partial charge in [0, 0.05) is 19.8 Å². The van der Waals surface area contributed by atoms with Gasteiger partial charge in [-0.15, -0.1) is 0 Å². The molecule has 0 atom stereocenters. The molecule has 1 aromatic rings. The van der Waals surface area contributed by atoms with Crippen LogP contribution in [0.5, 0.6) is 0 Å². The lowest BCUT2D eigenvalue weighted by Crippen LogP contribution is -2.34. The van der Waals surface area contributed by atoms with Crippen LogP contribution >= 0.6 is 0 Å². The van der Waals surface area contributed by atoms with E-state index in [-0.39, 0.29) is 0 Å². The first-order valence-corrected chi connectivity index (χ1v) is 7.04. The summed E-state index contributed by atoms with van der Waals surface area (Å²) in [5, 5.41) is 3.05. The Bertz CT molecular complexity index is 351. The Morgan fingerprint density at radius 3 is 2.56 bits per heavy atom. The molecule has 1 aromatic heterocycles. The number of likely N-dealkylation sites (tertiary alicyclic amines) is 1. The van der Waals surface area contributed by atoms with Crippen molar-refractivity contribution >= 4 is 5.82 Å². The van der Waals surface area contributed by atoms with Gasteiger partial charge in [-0.25, -0.2) is 4.98 Å². The summed E-state index contributed by atoms with van der Waals surface area (Å²) in [5.74, 6) is 2.70. The van der Waals surface area contributed by atoms with Crippen molar-refractivity contribution in [2.75, 3.05) is 25.5 Å². The highest BCUT2D eigenvalue weighted by atomic mass is 15.1. The van der Waals surface area contributed by atoms with Gasteiger partial charge in [0.2, 0.25) is 0 Å². The Morgan fingerprint density at radius 1 is 1.33 bits per heavy atom. The number of hydrogen-bond donors (Lipinski definition) is 1. The van der Waals surface area contributed by atoms with Crippen LogP contribution in [0.15, 0.2) is 18.3 Å². The molecule has 3 heteroatoms. The van der Waals surface area contributed by atoms with Crippen LogP contribution in [-0.4, -0.2) is 30.0 Å². The molecular formula is C15H25N3. The molecule has 0 bridgehead atoms. The van der Waals surface area contributed by atoms with Crippen molar-refractivity contribution in [1.29, 1.82) is 0 Å². The summed E-state index contributed by atoms with van der Waals surface area (Å²) >= 11 is 0. The SMILES string of the molecule is CNc1ccc(CN2CCC(C(C)C)CC2)cn1. The van der Waals surface area contributed by atoms with Crippen molar-refractivity contribution in [3.63, 3.8) is 0 Å². The quantitative estimate of drug-likeness (QED) is 0.886. The third-order valence-electron chi connectivity index (χ3n) is 4.06. The maximum absolute atomic E-state index is 4.37. The van der Waals surface area contributed by atoms with Gasteiger partial charge in [-0.3, -0.25) is 4.90 Å². The number of nitrogens with one attached hydrogen (secondary N) is 1. The van der Waals surface area contributed by atoms with Crippen molar-refractivity contribution in [2.24, 2.45) is 11.8 Å². The molecule has 1 aliphatic rings. The Morgan fingerprint density at radius 2 is 2.06 bits per heavy atom. The molecule has 0 amide bonds. The van der Waals surface area contributed by atoms with Crippen LogP contribution in [0.2, 0.25) is 0 Å². The molecule has 0 spiro atoms. The molecule has 0 radical (unpaired) electrons. The summed E-state index contributed by atoms with van der Waals surface area (Å²) < 4.78 is 0. The molecule has 0 unspecified atom stereocenters. The molecule has 0 aliphatic carbocycles. The van der Waals surface area contributed by atoms with E-state index in [1.165, 1.54) is 31.5 Å². The first kappa shape index (κ1) is 13.3. The molecule has 0 aromatic carbocycles. The normalized spacial score (nSPS) is 18.2. The number of hydrogen-bond acceptors (Lipinski definition) is 3. The van der Waals surface area contributed by atoms with E-state index >= 15 is 0 Å². The monoisotopic (exact) mass is 247 g/mol. The van der Waals surface area contributed by atoms with E-state index < -0.39 is 0 Å². The number of rotatable bonds is 4. The molecule has 18 heavy (non-hydrogen) atoms. The second-order valence-electron chi connectivity index (χ2n) is 5.66. The van der Waals surface area contributed by atoms with Crippen molar-refractivity contribution in [3.8, 4) is 0 Å². The number of anilines is 1. The zero-order chi connectivity index (χ0) is 13.0. The second kappa shape index (κ2) is 6.19. The zero-order valence-corrected chi connectivity index (χ0v) is 11.8. The third kappa shape index (κ3) is 3.45. The number of aromatic nitrogens is 1. The van der Waals surface area contributed by atoms with Crippen LogP contribution in [0.3, 0.4) is 0 Å². The Kier molecular flexibility index (Phi) is 4.59.